The van der Waals surface area contributed by atoms with Gasteiger partial charge in [0.25, 0.3) is 5.56 Å². The number of ketones is 1. The number of nitrogens with zero attached hydrogens (tertiary/aromatic N) is 1. The van der Waals surface area contributed by atoms with Crippen LogP contribution in [0.25, 0.3) is 0 Å². The van der Waals surface area contributed by atoms with Crippen molar-refractivity contribution in [1.29, 1.82) is 0 Å². The third kappa shape index (κ3) is 5.56. The first-order valence-corrected chi connectivity index (χ1v) is 8.95. The van der Waals surface area contributed by atoms with Crippen LogP contribution in [0.1, 0.15) is 43.2 Å². The SMILES string of the molecule is CCCc1cc(=O)[nH]c(S[C@@H](C)C(=O)Nc2cccc(C(C)=O)c2)n1. The number of aromatic amines is 1. The lowest BCUT2D eigenvalue weighted by atomic mass is 10.1. The van der Waals surface area contributed by atoms with Crippen LogP contribution in [0.5, 0.6) is 0 Å². The van der Waals surface area contributed by atoms with E-state index in [-0.39, 0.29) is 17.2 Å². The lowest BCUT2D eigenvalue weighted by Crippen LogP contribution is -2.23. The zero-order chi connectivity index (χ0) is 18.4. The third-order valence-electron chi connectivity index (χ3n) is 3.47. The summed E-state index contributed by atoms with van der Waals surface area (Å²) in [6.07, 6.45) is 1.61. The van der Waals surface area contributed by atoms with Crippen molar-refractivity contribution < 1.29 is 9.59 Å². The number of benzene rings is 1. The molecular formula is C18H21N3O3S. The summed E-state index contributed by atoms with van der Waals surface area (Å²) in [4.78, 5) is 42.5. The maximum atomic E-state index is 12.4. The zero-order valence-corrected chi connectivity index (χ0v) is 15.3. The molecule has 0 bridgehead atoms. The average Bonchev–Trinajstić information content (AvgIpc) is 2.54. The second-order valence-electron chi connectivity index (χ2n) is 5.68. The molecule has 0 radical (unpaired) electrons. The number of rotatable bonds is 7. The second-order valence-corrected chi connectivity index (χ2v) is 7.01. The Hall–Kier alpha value is -2.41. The van der Waals surface area contributed by atoms with Gasteiger partial charge in [0, 0.05) is 23.0 Å². The van der Waals surface area contributed by atoms with Gasteiger partial charge in [0.1, 0.15) is 0 Å². The van der Waals surface area contributed by atoms with E-state index in [9.17, 15) is 14.4 Å². The van der Waals surface area contributed by atoms with E-state index in [2.05, 4.69) is 15.3 Å². The molecule has 1 atom stereocenters. The number of carbonyl (C=O) groups excluding carboxylic acids is 2. The number of amides is 1. The number of nitrogens with one attached hydrogen (secondary N) is 2. The highest BCUT2D eigenvalue weighted by molar-refractivity contribution is 8.00. The van der Waals surface area contributed by atoms with Crippen molar-refractivity contribution in [3.63, 3.8) is 0 Å². The molecule has 7 heteroatoms. The van der Waals surface area contributed by atoms with Crippen LogP contribution in [0.3, 0.4) is 0 Å². The van der Waals surface area contributed by atoms with Crippen LogP contribution >= 0.6 is 11.8 Å². The fraction of sp³-hybridized carbons (Fsp3) is 0.333. The van der Waals surface area contributed by atoms with Crippen molar-refractivity contribution >= 4 is 29.1 Å². The van der Waals surface area contributed by atoms with Crippen molar-refractivity contribution in [1.82, 2.24) is 9.97 Å². The van der Waals surface area contributed by atoms with Gasteiger partial charge >= 0.3 is 0 Å². The molecule has 1 aromatic carbocycles. The topological polar surface area (TPSA) is 91.9 Å². The molecule has 2 rings (SSSR count). The zero-order valence-electron chi connectivity index (χ0n) is 14.5. The quantitative estimate of drug-likeness (QED) is 0.450. The molecule has 0 aliphatic carbocycles. The summed E-state index contributed by atoms with van der Waals surface area (Å²) in [7, 11) is 0. The van der Waals surface area contributed by atoms with Gasteiger partial charge in [-0.25, -0.2) is 4.98 Å². The van der Waals surface area contributed by atoms with Gasteiger partial charge in [0.05, 0.1) is 5.25 Å². The van der Waals surface area contributed by atoms with Crippen molar-refractivity contribution in [2.75, 3.05) is 5.32 Å². The van der Waals surface area contributed by atoms with Gasteiger partial charge in [-0.15, -0.1) is 0 Å². The highest BCUT2D eigenvalue weighted by atomic mass is 32.2. The Labute approximate surface area is 150 Å². The van der Waals surface area contributed by atoms with Crippen LogP contribution in [0.4, 0.5) is 5.69 Å². The molecule has 1 aromatic heterocycles. The second kappa shape index (κ2) is 8.62. The summed E-state index contributed by atoms with van der Waals surface area (Å²) in [5.74, 6) is -0.290. The first kappa shape index (κ1) is 18.9. The molecule has 6 nitrogen and oxygen atoms in total. The van der Waals surface area contributed by atoms with Gasteiger partial charge in [0.2, 0.25) is 5.91 Å². The van der Waals surface area contributed by atoms with Crippen LogP contribution < -0.4 is 10.9 Å². The number of H-pyrrole nitrogens is 1. The summed E-state index contributed by atoms with van der Waals surface area (Å²) in [6, 6.07) is 8.26. The highest BCUT2D eigenvalue weighted by Crippen LogP contribution is 2.21. The van der Waals surface area contributed by atoms with E-state index in [1.165, 1.54) is 24.8 Å². The van der Waals surface area contributed by atoms with Gasteiger partial charge in [-0.3, -0.25) is 14.4 Å². The maximum absolute atomic E-state index is 12.4. The summed E-state index contributed by atoms with van der Waals surface area (Å²) in [5.41, 5.74) is 1.60. The molecule has 1 amide bonds. The number of anilines is 1. The van der Waals surface area contributed by atoms with E-state index in [1.54, 1.807) is 31.2 Å². The average molecular weight is 359 g/mol. The largest absolute Gasteiger partial charge is 0.325 e. The van der Waals surface area contributed by atoms with Crippen molar-refractivity contribution in [3.8, 4) is 0 Å². The normalized spacial score (nSPS) is 11.8. The summed E-state index contributed by atoms with van der Waals surface area (Å²) < 4.78 is 0. The number of hydrogen-bond acceptors (Lipinski definition) is 5. The molecule has 0 saturated carbocycles. The monoisotopic (exact) mass is 359 g/mol. The Balaban J connectivity index is 2.06. The van der Waals surface area contributed by atoms with E-state index in [1.807, 2.05) is 6.92 Å². The number of carbonyl (C=O) groups is 2. The number of hydrogen-bond donors (Lipinski definition) is 2. The Morgan fingerprint density at radius 3 is 2.76 bits per heavy atom. The minimum atomic E-state index is -0.457. The number of aryl methyl sites for hydroxylation is 1. The summed E-state index contributed by atoms with van der Waals surface area (Å²) in [5, 5.41) is 2.75. The standard InChI is InChI=1S/C18H21N3O3S/c1-4-6-14-10-16(23)21-18(20-14)25-12(3)17(24)19-15-8-5-7-13(9-15)11(2)22/h5,7-10,12H,4,6H2,1-3H3,(H,19,24)(H,20,21,23)/t12-/m0/s1. The summed E-state index contributed by atoms with van der Waals surface area (Å²) >= 11 is 1.19. The third-order valence-corrected chi connectivity index (χ3v) is 4.46. The van der Waals surface area contributed by atoms with Crippen LogP contribution in [0, 0.1) is 0 Å². The van der Waals surface area contributed by atoms with E-state index in [4.69, 9.17) is 0 Å². The molecule has 2 N–H and O–H groups in total. The van der Waals surface area contributed by atoms with Gasteiger partial charge in [-0.05, 0) is 32.4 Å². The maximum Gasteiger partial charge on any atom is 0.251 e. The summed E-state index contributed by atoms with van der Waals surface area (Å²) in [6.45, 7) is 5.23. The van der Waals surface area contributed by atoms with Gasteiger partial charge < -0.3 is 10.3 Å². The fourth-order valence-electron chi connectivity index (χ4n) is 2.20. The van der Waals surface area contributed by atoms with E-state index < -0.39 is 5.25 Å². The Morgan fingerprint density at radius 1 is 1.32 bits per heavy atom. The van der Waals surface area contributed by atoms with Gasteiger partial charge in [-0.1, -0.05) is 37.2 Å². The molecule has 0 aliphatic heterocycles. The molecule has 0 aliphatic rings. The number of aromatic nitrogens is 2. The molecule has 132 valence electrons. The highest BCUT2D eigenvalue weighted by Gasteiger charge is 2.17. The molecule has 2 aromatic rings. The molecular weight excluding hydrogens is 338 g/mol. The molecule has 0 unspecified atom stereocenters. The van der Waals surface area contributed by atoms with E-state index >= 15 is 0 Å². The van der Waals surface area contributed by atoms with Crippen LogP contribution in [-0.4, -0.2) is 26.9 Å². The molecule has 25 heavy (non-hydrogen) atoms. The van der Waals surface area contributed by atoms with Crippen molar-refractivity contribution in [3.05, 3.63) is 51.9 Å². The Kier molecular flexibility index (Phi) is 6.52. The lowest BCUT2D eigenvalue weighted by Gasteiger charge is -2.12. The lowest BCUT2D eigenvalue weighted by molar-refractivity contribution is -0.115. The van der Waals surface area contributed by atoms with E-state index in [0.29, 0.717) is 16.4 Å². The molecule has 0 fully saturated rings. The predicted molar refractivity (Wildman–Crippen MR) is 99.2 cm³/mol. The Morgan fingerprint density at radius 2 is 2.08 bits per heavy atom. The fourth-order valence-corrected chi connectivity index (χ4v) is 3.03. The first-order chi connectivity index (χ1) is 11.9. The smallest absolute Gasteiger partial charge is 0.251 e. The van der Waals surface area contributed by atoms with Crippen LogP contribution in [0.15, 0.2) is 40.3 Å². The minimum Gasteiger partial charge on any atom is -0.325 e. The molecule has 0 spiro atoms. The van der Waals surface area contributed by atoms with Gasteiger partial charge in [-0.2, -0.15) is 0 Å². The molecule has 1 heterocycles. The van der Waals surface area contributed by atoms with Crippen molar-refractivity contribution in [2.45, 2.75) is 44.0 Å². The van der Waals surface area contributed by atoms with Crippen molar-refractivity contribution in [2.24, 2.45) is 0 Å². The minimum absolute atomic E-state index is 0.0620. The van der Waals surface area contributed by atoms with Crippen LogP contribution in [0.2, 0.25) is 0 Å². The van der Waals surface area contributed by atoms with E-state index in [0.717, 1.165) is 18.5 Å². The molecule has 0 saturated heterocycles. The van der Waals surface area contributed by atoms with Gasteiger partial charge in [0.15, 0.2) is 10.9 Å². The number of Topliss-reactive ketones (excluding diaryl/α,β-unsaturated/α-hetero) is 1. The number of thioether (sulfide) groups is 1. The van der Waals surface area contributed by atoms with Crippen LogP contribution in [-0.2, 0) is 11.2 Å². The predicted octanol–water partition coefficient (Wildman–Crippen LogP) is 3.04. The Bertz CT molecular complexity index is 832. The first-order valence-electron chi connectivity index (χ1n) is 8.07.